The molecule has 1 fully saturated rings. The van der Waals surface area contributed by atoms with Gasteiger partial charge in [-0.3, -0.25) is 4.79 Å². The fourth-order valence-corrected chi connectivity index (χ4v) is 2.04. The second-order valence-corrected chi connectivity index (χ2v) is 4.30. The summed E-state index contributed by atoms with van der Waals surface area (Å²) in [5.74, 6) is -0.614. The molecule has 1 amide bonds. The molecule has 0 aromatic carbocycles. The lowest BCUT2D eigenvalue weighted by molar-refractivity contribution is -0.147. The molecule has 0 aliphatic carbocycles. The first-order chi connectivity index (χ1) is 8.50. The minimum atomic E-state index is -1.07. The van der Waals surface area contributed by atoms with Crippen LogP contribution in [0, 0.1) is 13.8 Å². The van der Waals surface area contributed by atoms with Gasteiger partial charge in [-0.2, -0.15) is 0 Å². The Morgan fingerprint density at radius 1 is 1.44 bits per heavy atom. The van der Waals surface area contributed by atoms with Crippen LogP contribution in [0.5, 0.6) is 0 Å². The van der Waals surface area contributed by atoms with E-state index in [1.165, 1.54) is 4.90 Å². The molecule has 0 spiro atoms. The van der Waals surface area contributed by atoms with Crippen molar-refractivity contribution in [3.8, 4) is 0 Å². The Morgan fingerprint density at radius 2 is 2.17 bits per heavy atom. The Balaban J connectivity index is 2.26. The van der Waals surface area contributed by atoms with Crippen molar-refractivity contribution in [1.29, 1.82) is 0 Å². The molecule has 6 heteroatoms. The van der Waals surface area contributed by atoms with Gasteiger partial charge in [-0.1, -0.05) is 0 Å². The second kappa shape index (κ2) is 4.81. The molecule has 1 aromatic heterocycles. The molecule has 0 radical (unpaired) electrons. The van der Waals surface area contributed by atoms with E-state index in [-0.39, 0.29) is 18.9 Å². The van der Waals surface area contributed by atoms with Crippen molar-refractivity contribution in [2.24, 2.45) is 0 Å². The number of aryl methyl sites for hydroxylation is 2. The number of ether oxygens (including phenoxy) is 1. The van der Waals surface area contributed by atoms with E-state index in [2.05, 4.69) is 0 Å². The van der Waals surface area contributed by atoms with Crippen LogP contribution in [-0.2, 0) is 9.53 Å². The lowest BCUT2D eigenvalue weighted by atomic mass is 10.2. The van der Waals surface area contributed by atoms with Crippen molar-refractivity contribution in [2.45, 2.75) is 19.9 Å². The summed E-state index contributed by atoms with van der Waals surface area (Å²) in [6, 6.07) is 0.805. The van der Waals surface area contributed by atoms with Crippen molar-refractivity contribution in [3.05, 3.63) is 23.2 Å². The lowest BCUT2D eigenvalue weighted by Crippen LogP contribution is -2.52. The van der Waals surface area contributed by atoms with Gasteiger partial charge in [0.2, 0.25) is 0 Å². The fourth-order valence-electron chi connectivity index (χ4n) is 2.04. The number of amides is 1. The molecule has 1 aliphatic heterocycles. The Hall–Kier alpha value is -1.82. The molecule has 0 bridgehead atoms. The minimum Gasteiger partial charge on any atom is -0.480 e. The quantitative estimate of drug-likeness (QED) is 0.844. The normalized spacial score (nSPS) is 19.9. The molecule has 1 saturated heterocycles. The van der Waals surface area contributed by atoms with Crippen LogP contribution in [0.1, 0.15) is 21.9 Å². The molecular weight excluding hydrogens is 238 g/mol. The molecule has 2 heterocycles. The highest BCUT2D eigenvalue weighted by Gasteiger charge is 2.35. The number of carboxylic acid groups (broad SMARTS) is 1. The first kappa shape index (κ1) is 12.6. The number of aliphatic carboxylic acids is 1. The summed E-state index contributed by atoms with van der Waals surface area (Å²) in [5.41, 5.74) is 0.716. The largest absolute Gasteiger partial charge is 0.480 e. The summed E-state index contributed by atoms with van der Waals surface area (Å²) in [7, 11) is 0. The van der Waals surface area contributed by atoms with Gasteiger partial charge in [0.25, 0.3) is 5.91 Å². The topological polar surface area (TPSA) is 80.0 Å². The number of furan rings is 1. The van der Waals surface area contributed by atoms with Gasteiger partial charge in [0, 0.05) is 12.1 Å². The molecule has 1 unspecified atom stereocenters. The third-order valence-corrected chi connectivity index (χ3v) is 2.91. The number of carboxylic acids is 1. The smallest absolute Gasteiger partial charge is 0.328 e. The van der Waals surface area contributed by atoms with Gasteiger partial charge in [0.1, 0.15) is 5.76 Å². The summed E-state index contributed by atoms with van der Waals surface area (Å²) in [5, 5.41) is 9.07. The molecule has 98 valence electrons. The number of rotatable bonds is 2. The molecule has 1 aliphatic rings. The van der Waals surface area contributed by atoms with E-state index >= 15 is 0 Å². The van der Waals surface area contributed by atoms with Crippen molar-refractivity contribution in [1.82, 2.24) is 4.90 Å². The predicted octanol–water partition coefficient (Wildman–Crippen LogP) is 0.822. The van der Waals surface area contributed by atoms with E-state index in [4.69, 9.17) is 14.3 Å². The van der Waals surface area contributed by atoms with Gasteiger partial charge in [-0.15, -0.1) is 0 Å². The van der Waals surface area contributed by atoms with E-state index in [1.54, 1.807) is 19.9 Å². The highest BCUT2D eigenvalue weighted by atomic mass is 16.5. The van der Waals surface area contributed by atoms with Crippen molar-refractivity contribution < 1.29 is 23.8 Å². The molecule has 1 aromatic rings. The van der Waals surface area contributed by atoms with Crippen LogP contribution in [0.25, 0.3) is 0 Å². The van der Waals surface area contributed by atoms with Crippen molar-refractivity contribution in [2.75, 3.05) is 19.8 Å². The zero-order valence-electron chi connectivity index (χ0n) is 10.3. The molecule has 2 rings (SSSR count). The van der Waals surface area contributed by atoms with Crippen LogP contribution in [0.3, 0.4) is 0 Å². The lowest BCUT2D eigenvalue weighted by Gasteiger charge is -2.32. The average Bonchev–Trinajstić information content (AvgIpc) is 2.67. The molecule has 1 N–H and O–H groups in total. The highest BCUT2D eigenvalue weighted by molar-refractivity contribution is 5.95. The second-order valence-electron chi connectivity index (χ2n) is 4.30. The molecular formula is C12H15NO5. The van der Waals surface area contributed by atoms with Gasteiger partial charge >= 0.3 is 5.97 Å². The number of hydrogen-bond acceptors (Lipinski definition) is 4. The third kappa shape index (κ3) is 2.24. The molecule has 0 saturated carbocycles. The maximum Gasteiger partial charge on any atom is 0.328 e. The minimum absolute atomic E-state index is 0.0137. The first-order valence-electron chi connectivity index (χ1n) is 5.69. The Kier molecular flexibility index (Phi) is 3.38. The van der Waals surface area contributed by atoms with Crippen LogP contribution in [0.2, 0.25) is 0 Å². The Bertz CT molecular complexity index is 479. The number of carbonyl (C=O) groups is 2. The maximum atomic E-state index is 12.3. The van der Waals surface area contributed by atoms with Crippen LogP contribution < -0.4 is 0 Å². The zero-order valence-corrected chi connectivity index (χ0v) is 10.3. The van der Waals surface area contributed by atoms with Gasteiger partial charge in [-0.25, -0.2) is 4.79 Å². The van der Waals surface area contributed by atoms with E-state index in [0.29, 0.717) is 17.9 Å². The van der Waals surface area contributed by atoms with E-state index in [9.17, 15) is 9.59 Å². The zero-order chi connectivity index (χ0) is 13.3. The molecule has 6 nitrogen and oxygen atoms in total. The SMILES string of the molecule is Cc1cc(C)c(C(=O)N2CCOCC2C(=O)O)o1. The number of hydrogen-bond donors (Lipinski definition) is 1. The molecule has 18 heavy (non-hydrogen) atoms. The van der Waals surface area contributed by atoms with Gasteiger partial charge < -0.3 is 19.2 Å². The van der Waals surface area contributed by atoms with Crippen molar-refractivity contribution >= 4 is 11.9 Å². The summed E-state index contributed by atoms with van der Waals surface area (Å²) < 4.78 is 10.4. The van der Waals surface area contributed by atoms with Gasteiger partial charge in [0.05, 0.1) is 13.2 Å². The number of morpholine rings is 1. The highest BCUT2D eigenvalue weighted by Crippen LogP contribution is 2.19. The van der Waals surface area contributed by atoms with E-state index in [0.717, 1.165) is 0 Å². The van der Waals surface area contributed by atoms with E-state index < -0.39 is 17.9 Å². The van der Waals surface area contributed by atoms with Crippen LogP contribution in [0.15, 0.2) is 10.5 Å². The van der Waals surface area contributed by atoms with Crippen molar-refractivity contribution in [3.63, 3.8) is 0 Å². The van der Waals surface area contributed by atoms with Gasteiger partial charge in [-0.05, 0) is 19.9 Å². The standard InChI is InChI=1S/C12H15NO5/c1-7-5-8(2)18-10(7)11(14)13-3-4-17-6-9(13)12(15)16/h5,9H,3-4,6H2,1-2H3,(H,15,16). The predicted molar refractivity (Wildman–Crippen MR) is 61.5 cm³/mol. The Labute approximate surface area is 104 Å². The monoisotopic (exact) mass is 253 g/mol. The summed E-state index contributed by atoms with van der Waals surface area (Å²) in [6.07, 6.45) is 0. The number of carbonyl (C=O) groups excluding carboxylic acids is 1. The average molecular weight is 253 g/mol. The summed E-state index contributed by atoms with van der Waals surface area (Å²) >= 11 is 0. The van der Waals surface area contributed by atoms with E-state index in [1.807, 2.05) is 0 Å². The van der Waals surface area contributed by atoms with Crippen LogP contribution >= 0.6 is 0 Å². The summed E-state index contributed by atoms with van der Waals surface area (Å²) in [6.45, 7) is 4.13. The van der Waals surface area contributed by atoms with Crippen LogP contribution in [-0.4, -0.2) is 47.7 Å². The maximum absolute atomic E-state index is 12.3. The Morgan fingerprint density at radius 3 is 2.72 bits per heavy atom. The fraction of sp³-hybridized carbons (Fsp3) is 0.500. The third-order valence-electron chi connectivity index (χ3n) is 2.91. The van der Waals surface area contributed by atoms with Gasteiger partial charge in [0.15, 0.2) is 11.8 Å². The summed E-state index contributed by atoms with van der Waals surface area (Å²) in [4.78, 5) is 24.6. The first-order valence-corrected chi connectivity index (χ1v) is 5.69. The van der Waals surface area contributed by atoms with Crippen LogP contribution in [0.4, 0.5) is 0 Å². The molecule has 1 atom stereocenters. The number of nitrogens with zero attached hydrogens (tertiary/aromatic N) is 1.